The monoisotopic (exact) mass is 419 g/mol. The summed E-state index contributed by atoms with van der Waals surface area (Å²) in [4.78, 5) is 16.3. The number of halogens is 1. The summed E-state index contributed by atoms with van der Waals surface area (Å²) in [5, 5.41) is 0. The van der Waals surface area contributed by atoms with Crippen molar-refractivity contribution >= 4 is 40.5 Å². The van der Waals surface area contributed by atoms with Gasteiger partial charge in [-0.25, -0.2) is 9.79 Å². The fourth-order valence-electron chi connectivity index (χ4n) is 2.32. The molecule has 6 heteroatoms. The van der Waals surface area contributed by atoms with Crippen LogP contribution in [0.3, 0.4) is 0 Å². The van der Waals surface area contributed by atoms with Crippen molar-refractivity contribution in [2.75, 3.05) is 6.79 Å². The van der Waals surface area contributed by atoms with Crippen LogP contribution in [-0.4, -0.2) is 18.7 Å². The van der Waals surface area contributed by atoms with Crippen molar-refractivity contribution in [2.24, 2.45) is 4.99 Å². The first kappa shape index (κ1) is 14.3. The SMILES string of the molecule is O=C1OC(c2ccc3c(c2)OCO3)=N/C1=C\c1cccc(I)c1. The maximum absolute atomic E-state index is 12.0. The Kier molecular flexibility index (Phi) is 3.53. The van der Waals surface area contributed by atoms with E-state index in [1.165, 1.54) is 0 Å². The Bertz CT molecular complexity index is 873. The van der Waals surface area contributed by atoms with Crippen LogP contribution in [0.2, 0.25) is 0 Å². The van der Waals surface area contributed by atoms with Gasteiger partial charge in [0.15, 0.2) is 17.2 Å². The van der Waals surface area contributed by atoms with Gasteiger partial charge in [0.25, 0.3) is 0 Å². The van der Waals surface area contributed by atoms with E-state index in [0.29, 0.717) is 17.1 Å². The molecule has 2 aliphatic heterocycles. The van der Waals surface area contributed by atoms with Gasteiger partial charge in [-0.3, -0.25) is 0 Å². The number of fused-ring (bicyclic) bond motifs is 1. The molecule has 2 aromatic rings. The second kappa shape index (κ2) is 5.69. The highest BCUT2D eigenvalue weighted by atomic mass is 127. The van der Waals surface area contributed by atoms with E-state index >= 15 is 0 Å². The minimum absolute atomic E-state index is 0.197. The lowest BCUT2D eigenvalue weighted by atomic mass is 10.2. The van der Waals surface area contributed by atoms with E-state index in [2.05, 4.69) is 27.6 Å². The van der Waals surface area contributed by atoms with Crippen LogP contribution in [0.5, 0.6) is 11.5 Å². The number of carbonyl (C=O) groups is 1. The molecule has 5 nitrogen and oxygen atoms in total. The van der Waals surface area contributed by atoms with Gasteiger partial charge in [0, 0.05) is 9.13 Å². The lowest BCUT2D eigenvalue weighted by Gasteiger charge is -2.01. The Labute approximate surface area is 145 Å². The van der Waals surface area contributed by atoms with Crippen LogP contribution in [0.1, 0.15) is 11.1 Å². The molecule has 0 bridgehead atoms. The number of hydrogen-bond donors (Lipinski definition) is 0. The highest BCUT2D eigenvalue weighted by molar-refractivity contribution is 14.1. The van der Waals surface area contributed by atoms with Gasteiger partial charge in [0.05, 0.1) is 0 Å². The van der Waals surface area contributed by atoms with E-state index in [4.69, 9.17) is 14.2 Å². The minimum atomic E-state index is -0.462. The highest BCUT2D eigenvalue weighted by Crippen LogP contribution is 2.33. The van der Waals surface area contributed by atoms with Crippen LogP contribution in [0.4, 0.5) is 0 Å². The third-order valence-electron chi connectivity index (χ3n) is 3.39. The van der Waals surface area contributed by atoms with Crippen molar-refractivity contribution in [3.63, 3.8) is 0 Å². The van der Waals surface area contributed by atoms with E-state index in [-0.39, 0.29) is 18.4 Å². The lowest BCUT2D eigenvalue weighted by molar-refractivity contribution is -0.129. The molecule has 2 aliphatic rings. The Morgan fingerprint density at radius 3 is 2.83 bits per heavy atom. The molecular weight excluding hydrogens is 409 g/mol. The van der Waals surface area contributed by atoms with E-state index in [0.717, 1.165) is 9.13 Å². The number of aliphatic imine (C=N–C) groups is 1. The van der Waals surface area contributed by atoms with Crippen LogP contribution in [0, 0.1) is 3.57 Å². The summed E-state index contributed by atoms with van der Waals surface area (Å²) in [7, 11) is 0. The number of rotatable bonds is 2. The number of carbonyl (C=O) groups excluding carboxylic acids is 1. The summed E-state index contributed by atoms with van der Waals surface area (Å²) in [5.41, 5.74) is 1.85. The van der Waals surface area contributed by atoms with E-state index in [1.807, 2.05) is 24.3 Å². The summed E-state index contributed by atoms with van der Waals surface area (Å²) in [6.45, 7) is 0.197. The number of esters is 1. The largest absolute Gasteiger partial charge is 0.454 e. The van der Waals surface area contributed by atoms with Crippen molar-refractivity contribution in [1.82, 2.24) is 0 Å². The molecular formula is C17H10INO4. The molecule has 23 heavy (non-hydrogen) atoms. The number of hydrogen-bond acceptors (Lipinski definition) is 5. The second-order valence-corrected chi connectivity index (χ2v) is 6.20. The third-order valence-corrected chi connectivity index (χ3v) is 4.06. The van der Waals surface area contributed by atoms with Gasteiger partial charge >= 0.3 is 5.97 Å². The highest BCUT2D eigenvalue weighted by Gasteiger charge is 2.25. The topological polar surface area (TPSA) is 57.1 Å². The molecule has 0 atom stereocenters. The van der Waals surface area contributed by atoms with Gasteiger partial charge in [-0.05, 0) is 64.6 Å². The van der Waals surface area contributed by atoms with Crippen LogP contribution in [0.25, 0.3) is 6.08 Å². The molecule has 114 valence electrons. The Hall–Kier alpha value is -2.35. The maximum Gasteiger partial charge on any atom is 0.363 e. The number of cyclic esters (lactones) is 1. The van der Waals surface area contributed by atoms with Crippen molar-refractivity contribution in [1.29, 1.82) is 0 Å². The van der Waals surface area contributed by atoms with Gasteiger partial charge in [-0.15, -0.1) is 0 Å². The minimum Gasteiger partial charge on any atom is -0.454 e. The zero-order valence-corrected chi connectivity index (χ0v) is 13.9. The van der Waals surface area contributed by atoms with E-state index in [9.17, 15) is 4.79 Å². The molecule has 0 fully saturated rings. The third kappa shape index (κ3) is 2.81. The van der Waals surface area contributed by atoms with Crippen LogP contribution in [-0.2, 0) is 9.53 Å². The molecule has 4 rings (SSSR count). The molecule has 0 spiro atoms. The fraction of sp³-hybridized carbons (Fsp3) is 0.0588. The van der Waals surface area contributed by atoms with Crippen LogP contribution >= 0.6 is 22.6 Å². The van der Waals surface area contributed by atoms with Gasteiger partial charge in [0.1, 0.15) is 0 Å². The number of ether oxygens (including phenoxy) is 3. The zero-order valence-electron chi connectivity index (χ0n) is 11.8. The first-order chi connectivity index (χ1) is 11.2. The van der Waals surface area contributed by atoms with Crippen molar-refractivity contribution in [2.45, 2.75) is 0 Å². The zero-order chi connectivity index (χ0) is 15.8. The molecule has 0 radical (unpaired) electrons. The van der Waals surface area contributed by atoms with Gasteiger partial charge < -0.3 is 14.2 Å². The average molecular weight is 419 g/mol. The number of benzene rings is 2. The first-order valence-electron chi connectivity index (χ1n) is 6.87. The quantitative estimate of drug-likeness (QED) is 0.426. The van der Waals surface area contributed by atoms with E-state index < -0.39 is 5.97 Å². The second-order valence-electron chi connectivity index (χ2n) is 4.96. The predicted octanol–water partition coefficient (Wildman–Crippen LogP) is 3.36. The molecule has 0 aromatic heterocycles. The standard InChI is InChI=1S/C17H10INO4/c18-12-3-1-2-10(6-12)7-13-17(20)23-16(19-13)11-4-5-14-15(8-11)22-9-21-14/h1-8H,9H2/b13-7-. The molecule has 0 saturated carbocycles. The van der Waals surface area contributed by atoms with E-state index in [1.54, 1.807) is 24.3 Å². The summed E-state index contributed by atoms with van der Waals surface area (Å²) < 4.78 is 16.9. The van der Waals surface area contributed by atoms with Gasteiger partial charge in [-0.1, -0.05) is 12.1 Å². The molecule has 0 unspecified atom stereocenters. The summed E-state index contributed by atoms with van der Waals surface area (Å²) >= 11 is 2.22. The summed E-state index contributed by atoms with van der Waals surface area (Å²) in [6.07, 6.45) is 1.71. The normalized spacial score (nSPS) is 17.3. The predicted molar refractivity (Wildman–Crippen MR) is 92.3 cm³/mol. The van der Waals surface area contributed by atoms with Crippen molar-refractivity contribution < 1.29 is 19.0 Å². The summed E-state index contributed by atoms with van der Waals surface area (Å²) in [5.74, 6) is 1.10. The Morgan fingerprint density at radius 1 is 1.09 bits per heavy atom. The molecule has 0 N–H and O–H groups in total. The summed E-state index contributed by atoms with van der Waals surface area (Å²) in [6, 6.07) is 13.1. The van der Waals surface area contributed by atoms with Crippen LogP contribution in [0.15, 0.2) is 53.2 Å². The molecule has 0 aliphatic carbocycles. The Morgan fingerprint density at radius 2 is 1.96 bits per heavy atom. The molecule has 0 amide bonds. The molecule has 2 heterocycles. The van der Waals surface area contributed by atoms with Gasteiger partial charge in [0.2, 0.25) is 12.7 Å². The average Bonchev–Trinajstić information content (AvgIpc) is 3.14. The van der Waals surface area contributed by atoms with Gasteiger partial charge in [-0.2, -0.15) is 0 Å². The first-order valence-corrected chi connectivity index (χ1v) is 7.95. The molecule has 0 saturated heterocycles. The van der Waals surface area contributed by atoms with Crippen molar-refractivity contribution in [3.8, 4) is 11.5 Å². The molecule has 2 aromatic carbocycles. The lowest BCUT2D eigenvalue weighted by Crippen LogP contribution is -2.05. The number of nitrogens with zero attached hydrogens (tertiary/aromatic N) is 1. The maximum atomic E-state index is 12.0. The Balaban J connectivity index is 1.67. The van der Waals surface area contributed by atoms with Crippen molar-refractivity contribution in [3.05, 3.63) is 62.9 Å². The smallest absolute Gasteiger partial charge is 0.363 e. The fourth-order valence-corrected chi connectivity index (χ4v) is 2.88. The van der Waals surface area contributed by atoms with Crippen LogP contribution < -0.4 is 9.47 Å².